The monoisotopic (exact) mass is 382 g/mol. The number of H-pyrrole nitrogens is 1. The van der Waals surface area contributed by atoms with Crippen LogP contribution in [0.3, 0.4) is 0 Å². The van der Waals surface area contributed by atoms with Crippen molar-refractivity contribution in [2.75, 3.05) is 13.1 Å². The Labute approximate surface area is 163 Å². The third-order valence-corrected chi connectivity index (χ3v) is 4.80. The Morgan fingerprint density at radius 1 is 1.21 bits per heavy atom. The molecule has 8 heteroatoms. The molecule has 0 unspecified atom stereocenters. The zero-order chi connectivity index (χ0) is 20.1. The predicted octanol–water partition coefficient (Wildman–Crippen LogP) is 2.31. The summed E-state index contributed by atoms with van der Waals surface area (Å²) in [6.07, 6.45) is 11.5. The molecule has 8 nitrogen and oxygen atoms in total. The smallest absolute Gasteiger partial charge is 0.274 e. The number of hydrogen-bond donors (Lipinski definition) is 1. The average Bonchev–Trinajstić information content (AvgIpc) is 3.18. The summed E-state index contributed by atoms with van der Waals surface area (Å²) in [5.74, 6) is 0.0897. The van der Waals surface area contributed by atoms with Crippen LogP contribution in [0, 0.1) is 6.92 Å². The van der Waals surface area contributed by atoms with Gasteiger partial charge in [-0.05, 0) is 31.9 Å². The van der Waals surface area contributed by atoms with Crippen molar-refractivity contribution in [2.45, 2.75) is 32.6 Å². The molecule has 3 aromatic rings. The Morgan fingerprint density at radius 3 is 2.54 bits per heavy atom. The predicted molar refractivity (Wildman–Crippen MR) is 108 cm³/mol. The van der Waals surface area contributed by atoms with Crippen molar-refractivity contribution in [2.24, 2.45) is 7.05 Å². The summed E-state index contributed by atoms with van der Waals surface area (Å²) in [4.78, 5) is 27.7. The largest absolute Gasteiger partial charge is 0.339 e. The zero-order valence-electron chi connectivity index (χ0n) is 16.4. The number of fused-ring (bicyclic) bond motifs is 1. The number of aryl methyl sites for hydroxylation is 2. The summed E-state index contributed by atoms with van der Waals surface area (Å²) < 4.78 is 3.29. The molecule has 0 saturated carbocycles. The van der Waals surface area contributed by atoms with E-state index in [-0.39, 0.29) is 11.5 Å². The summed E-state index contributed by atoms with van der Waals surface area (Å²) in [7, 11) is 1.85. The molecule has 0 aromatic carbocycles. The van der Waals surface area contributed by atoms with E-state index in [1.54, 1.807) is 27.7 Å². The fourth-order valence-electron chi connectivity index (χ4n) is 3.36. The van der Waals surface area contributed by atoms with Gasteiger partial charge in [-0.2, -0.15) is 10.2 Å². The first-order chi connectivity index (χ1) is 13.5. The number of nitrogens with one attached hydrogen (secondary N) is 1. The molecule has 4 rings (SSSR count). The maximum Gasteiger partial charge on any atom is 0.274 e. The number of carbonyl (C=O) groups is 1. The molecule has 3 aromatic heterocycles. The summed E-state index contributed by atoms with van der Waals surface area (Å²) >= 11 is 0. The first-order valence-corrected chi connectivity index (χ1v) is 9.48. The fraction of sp³-hybridized carbons (Fsp3) is 0.400. The number of likely N-dealkylation sites (tertiary alicyclic amines) is 1. The molecule has 0 atom stereocenters. The molecule has 0 bridgehead atoms. The van der Waals surface area contributed by atoms with Crippen LogP contribution in [0.4, 0.5) is 0 Å². The minimum atomic E-state index is -0.150. The summed E-state index contributed by atoms with van der Waals surface area (Å²) in [5, 5.41) is 8.32. The minimum Gasteiger partial charge on any atom is -0.339 e. The summed E-state index contributed by atoms with van der Waals surface area (Å²) in [6.45, 7) is 7.22. The van der Waals surface area contributed by atoms with Gasteiger partial charge >= 0.3 is 0 Å². The maximum absolute atomic E-state index is 11.8. The van der Waals surface area contributed by atoms with Crippen molar-refractivity contribution in [3.63, 3.8) is 0 Å². The average molecular weight is 382 g/mol. The van der Waals surface area contributed by atoms with Crippen LogP contribution in [-0.2, 0) is 11.8 Å². The second-order valence-corrected chi connectivity index (χ2v) is 6.90. The third-order valence-electron chi connectivity index (χ3n) is 4.80. The van der Waals surface area contributed by atoms with Crippen molar-refractivity contribution in [3.8, 4) is 11.3 Å². The molecule has 1 aliphatic heterocycles. The quantitative estimate of drug-likeness (QED) is 0.689. The number of nitrogens with zero attached hydrogens (tertiary/aromatic N) is 5. The van der Waals surface area contributed by atoms with Gasteiger partial charge in [0.25, 0.3) is 5.56 Å². The lowest BCUT2D eigenvalue weighted by molar-refractivity contribution is -0.125. The fourth-order valence-corrected chi connectivity index (χ4v) is 3.36. The van der Waals surface area contributed by atoms with Gasteiger partial charge in [-0.15, -0.1) is 0 Å². The van der Waals surface area contributed by atoms with Gasteiger partial charge in [0.2, 0.25) is 5.91 Å². The molecular weight excluding hydrogens is 356 g/mol. The van der Waals surface area contributed by atoms with Gasteiger partial charge in [0.05, 0.1) is 23.8 Å². The van der Waals surface area contributed by atoms with Crippen LogP contribution in [0.25, 0.3) is 16.8 Å². The van der Waals surface area contributed by atoms with Gasteiger partial charge < -0.3 is 9.88 Å². The molecule has 0 radical (unpaired) electrons. The van der Waals surface area contributed by atoms with Crippen molar-refractivity contribution >= 4 is 11.4 Å². The van der Waals surface area contributed by atoms with Crippen molar-refractivity contribution in [1.82, 2.24) is 29.3 Å². The van der Waals surface area contributed by atoms with Crippen LogP contribution in [0.1, 0.15) is 31.4 Å². The SMILES string of the molecule is C=CC(=O)N1CCCCCC1.Cc1nn(C)cc1-c1cn2nccc2c(=O)[nH]1. The Kier molecular flexibility index (Phi) is 6.08. The van der Waals surface area contributed by atoms with Crippen molar-refractivity contribution in [3.05, 3.63) is 53.4 Å². The third kappa shape index (κ3) is 4.39. The van der Waals surface area contributed by atoms with Gasteiger partial charge in [0.1, 0.15) is 5.52 Å². The highest BCUT2D eigenvalue weighted by atomic mass is 16.2. The Hall–Kier alpha value is -3.16. The molecule has 0 spiro atoms. The molecule has 1 saturated heterocycles. The second-order valence-electron chi connectivity index (χ2n) is 6.90. The van der Waals surface area contributed by atoms with Gasteiger partial charge in [0.15, 0.2) is 0 Å². The highest BCUT2D eigenvalue weighted by molar-refractivity contribution is 5.86. The van der Waals surface area contributed by atoms with Gasteiger partial charge in [-0.25, -0.2) is 4.52 Å². The molecule has 1 fully saturated rings. The first-order valence-electron chi connectivity index (χ1n) is 9.48. The summed E-state index contributed by atoms with van der Waals surface area (Å²) in [6, 6.07) is 1.68. The van der Waals surface area contributed by atoms with E-state index < -0.39 is 0 Å². The van der Waals surface area contributed by atoms with E-state index >= 15 is 0 Å². The number of amides is 1. The number of carbonyl (C=O) groups excluding carboxylic acids is 1. The molecule has 1 N–H and O–H groups in total. The lowest BCUT2D eigenvalue weighted by Gasteiger charge is -2.17. The Balaban J connectivity index is 0.000000178. The van der Waals surface area contributed by atoms with Crippen molar-refractivity contribution < 1.29 is 4.79 Å². The van der Waals surface area contributed by atoms with E-state index in [4.69, 9.17) is 0 Å². The second kappa shape index (κ2) is 8.69. The lowest BCUT2D eigenvalue weighted by atomic mass is 10.2. The molecule has 1 aliphatic rings. The van der Waals surface area contributed by atoms with E-state index in [1.807, 2.05) is 25.1 Å². The number of rotatable bonds is 2. The van der Waals surface area contributed by atoms with Crippen molar-refractivity contribution in [1.29, 1.82) is 0 Å². The van der Waals surface area contributed by atoms with Gasteiger partial charge in [-0.3, -0.25) is 14.3 Å². The molecule has 148 valence electrons. The number of aromatic amines is 1. The molecule has 1 amide bonds. The first kappa shape index (κ1) is 19.6. The van der Waals surface area contributed by atoms with Crippen LogP contribution in [0.5, 0.6) is 0 Å². The molecule has 0 aliphatic carbocycles. The maximum atomic E-state index is 11.8. The van der Waals surface area contributed by atoms with Gasteiger partial charge in [0, 0.05) is 31.9 Å². The van der Waals surface area contributed by atoms with Crippen LogP contribution < -0.4 is 5.56 Å². The Bertz CT molecular complexity index is 1020. The van der Waals surface area contributed by atoms with Crippen LogP contribution in [-0.4, -0.2) is 48.3 Å². The standard InChI is InChI=1S/C11H11N5O.C9H15NO/c1-7-8(5-15(2)14-7)9-6-16-10(3-4-12-16)11(17)13-9;1-2-9(11)10-7-5-3-4-6-8-10/h3-6H,1-2H3,(H,13,17);2H,1,3-8H2. The van der Waals surface area contributed by atoms with E-state index in [0.29, 0.717) is 5.52 Å². The lowest BCUT2D eigenvalue weighted by Crippen LogP contribution is -2.29. The number of hydrogen-bond acceptors (Lipinski definition) is 4. The minimum absolute atomic E-state index is 0.0897. The topological polar surface area (TPSA) is 88.3 Å². The normalized spacial score (nSPS) is 14.3. The molecular formula is C20H26N6O2. The van der Waals surface area contributed by atoms with E-state index in [9.17, 15) is 9.59 Å². The van der Waals surface area contributed by atoms with Crippen LogP contribution in [0.2, 0.25) is 0 Å². The van der Waals surface area contributed by atoms with Crippen LogP contribution in [0.15, 0.2) is 42.1 Å². The summed E-state index contributed by atoms with van der Waals surface area (Å²) in [5.41, 5.74) is 2.88. The highest BCUT2D eigenvalue weighted by Crippen LogP contribution is 2.18. The molecule has 4 heterocycles. The van der Waals surface area contributed by atoms with E-state index in [2.05, 4.69) is 21.8 Å². The highest BCUT2D eigenvalue weighted by Gasteiger charge is 2.11. The van der Waals surface area contributed by atoms with E-state index in [0.717, 1.165) is 42.9 Å². The van der Waals surface area contributed by atoms with Gasteiger partial charge in [-0.1, -0.05) is 19.4 Å². The zero-order valence-corrected chi connectivity index (χ0v) is 16.4. The van der Waals surface area contributed by atoms with Crippen LogP contribution >= 0.6 is 0 Å². The molecule has 28 heavy (non-hydrogen) atoms. The van der Waals surface area contributed by atoms with E-state index in [1.165, 1.54) is 18.9 Å². The number of aromatic nitrogens is 5. The Morgan fingerprint density at radius 2 is 1.93 bits per heavy atom.